The molecule has 0 bridgehead atoms. The first-order chi connectivity index (χ1) is 5.11. The maximum atomic E-state index is 5.95. The Balaban J connectivity index is 2.79. The van der Waals surface area contributed by atoms with E-state index in [1.807, 2.05) is 13.2 Å². The lowest BCUT2D eigenvalue weighted by Gasteiger charge is -2.01. The Kier molecular flexibility index (Phi) is 2.55. The van der Waals surface area contributed by atoms with Crippen molar-refractivity contribution >= 4 is 11.6 Å². The van der Waals surface area contributed by atoms with Gasteiger partial charge in [0.05, 0.1) is 6.20 Å². The third kappa shape index (κ3) is 1.96. The highest BCUT2D eigenvalue weighted by Crippen LogP contribution is 2.17. The molecule has 1 aromatic heterocycles. The molecule has 1 rings (SSSR count). The summed E-state index contributed by atoms with van der Waals surface area (Å²) in [6.07, 6.45) is 2.84. The molecule has 1 aromatic rings. The molecule has 0 radical (unpaired) electrons. The van der Waals surface area contributed by atoms with Crippen molar-refractivity contribution in [2.45, 2.75) is 20.3 Å². The molecule has 0 spiro atoms. The first-order valence-electron chi connectivity index (χ1n) is 3.77. The van der Waals surface area contributed by atoms with Crippen LogP contribution in [0.5, 0.6) is 0 Å². The smallest absolute Gasteiger partial charge is 0.129 e. The lowest BCUT2D eigenvalue weighted by molar-refractivity contribution is 0.646. The van der Waals surface area contributed by atoms with Gasteiger partial charge in [0.25, 0.3) is 0 Å². The molecule has 0 fully saturated rings. The topological polar surface area (TPSA) is 17.8 Å². The Morgan fingerprint density at radius 1 is 1.64 bits per heavy atom. The SMILES string of the molecule is CC(C)Cc1cnn(C)c1Cl. The molecule has 0 aliphatic rings. The standard InChI is InChI=1S/C8H13ClN2/c1-6(2)4-7-5-10-11(3)8(7)9/h5-6H,4H2,1-3H3. The largest absolute Gasteiger partial charge is 0.257 e. The number of aromatic nitrogens is 2. The zero-order valence-corrected chi connectivity index (χ0v) is 7.89. The highest BCUT2D eigenvalue weighted by atomic mass is 35.5. The molecule has 2 nitrogen and oxygen atoms in total. The Hall–Kier alpha value is -0.500. The predicted molar refractivity (Wildman–Crippen MR) is 46.8 cm³/mol. The van der Waals surface area contributed by atoms with E-state index in [2.05, 4.69) is 18.9 Å². The fourth-order valence-electron chi connectivity index (χ4n) is 1.04. The van der Waals surface area contributed by atoms with Gasteiger partial charge in [-0.05, 0) is 12.3 Å². The van der Waals surface area contributed by atoms with Crippen molar-refractivity contribution in [2.75, 3.05) is 0 Å². The third-order valence-electron chi connectivity index (χ3n) is 1.56. The fraction of sp³-hybridized carbons (Fsp3) is 0.625. The number of hydrogen-bond acceptors (Lipinski definition) is 1. The second-order valence-corrected chi connectivity index (χ2v) is 3.54. The fourth-order valence-corrected chi connectivity index (χ4v) is 1.21. The Bertz CT molecular complexity index is 240. The first-order valence-corrected chi connectivity index (χ1v) is 4.15. The van der Waals surface area contributed by atoms with Crippen LogP contribution < -0.4 is 0 Å². The van der Waals surface area contributed by atoms with Gasteiger partial charge in [-0.15, -0.1) is 0 Å². The van der Waals surface area contributed by atoms with Gasteiger partial charge in [0, 0.05) is 12.6 Å². The summed E-state index contributed by atoms with van der Waals surface area (Å²) >= 11 is 5.95. The van der Waals surface area contributed by atoms with E-state index in [9.17, 15) is 0 Å². The normalized spacial score (nSPS) is 11.0. The van der Waals surface area contributed by atoms with Crippen LogP contribution in [0.2, 0.25) is 5.15 Å². The van der Waals surface area contributed by atoms with Crippen LogP contribution in [0, 0.1) is 5.92 Å². The van der Waals surface area contributed by atoms with Crippen molar-refractivity contribution in [1.29, 1.82) is 0 Å². The predicted octanol–water partition coefficient (Wildman–Crippen LogP) is 2.27. The summed E-state index contributed by atoms with van der Waals surface area (Å²) in [6, 6.07) is 0. The highest BCUT2D eigenvalue weighted by molar-refractivity contribution is 6.30. The van der Waals surface area contributed by atoms with Crippen LogP contribution in [-0.2, 0) is 13.5 Å². The summed E-state index contributed by atoms with van der Waals surface area (Å²) < 4.78 is 1.69. The van der Waals surface area contributed by atoms with Crippen LogP contribution in [0.3, 0.4) is 0 Å². The number of nitrogens with zero attached hydrogens (tertiary/aromatic N) is 2. The lowest BCUT2D eigenvalue weighted by atomic mass is 10.1. The maximum Gasteiger partial charge on any atom is 0.129 e. The van der Waals surface area contributed by atoms with Crippen molar-refractivity contribution in [3.63, 3.8) is 0 Å². The quantitative estimate of drug-likeness (QED) is 0.669. The molecule has 0 saturated carbocycles. The lowest BCUT2D eigenvalue weighted by Crippen LogP contribution is -1.94. The van der Waals surface area contributed by atoms with Crippen molar-refractivity contribution in [1.82, 2.24) is 9.78 Å². The van der Waals surface area contributed by atoms with E-state index in [0.717, 1.165) is 17.1 Å². The van der Waals surface area contributed by atoms with Gasteiger partial charge in [-0.25, -0.2) is 0 Å². The number of hydrogen-bond donors (Lipinski definition) is 0. The molecule has 62 valence electrons. The Morgan fingerprint density at radius 3 is 2.64 bits per heavy atom. The minimum absolute atomic E-state index is 0.636. The maximum absolute atomic E-state index is 5.95. The molecule has 0 aliphatic heterocycles. The van der Waals surface area contributed by atoms with E-state index >= 15 is 0 Å². The van der Waals surface area contributed by atoms with Crippen molar-refractivity contribution < 1.29 is 0 Å². The van der Waals surface area contributed by atoms with Gasteiger partial charge >= 0.3 is 0 Å². The average molecular weight is 173 g/mol. The summed E-state index contributed by atoms with van der Waals surface area (Å²) in [6.45, 7) is 4.34. The zero-order chi connectivity index (χ0) is 8.43. The van der Waals surface area contributed by atoms with Gasteiger partial charge in [-0.2, -0.15) is 5.10 Å². The monoisotopic (exact) mass is 172 g/mol. The second-order valence-electron chi connectivity index (χ2n) is 3.18. The number of rotatable bonds is 2. The molecule has 0 saturated heterocycles. The van der Waals surface area contributed by atoms with Crippen LogP contribution in [0.25, 0.3) is 0 Å². The van der Waals surface area contributed by atoms with Crippen LogP contribution in [-0.4, -0.2) is 9.78 Å². The molecular weight excluding hydrogens is 160 g/mol. The van der Waals surface area contributed by atoms with Crippen molar-refractivity contribution in [3.8, 4) is 0 Å². The van der Waals surface area contributed by atoms with Crippen molar-refractivity contribution in [2.24, 2.45) is 13.0 Å². The van der Waals surface area contributed by atoms with Crippen LogP contribution in [0.1, 0.15) is 19.4 Å². The molecule has 1 heterocycles. The molecule has 0 N–H and O–H groups in total. The van der Waals surface area contributed by atoms with Gasteiger partial charge in [0.2, 0.25) is 0 Å². The molecule has 0 aromatic carbocycles. The Morgan fingerprint density at radius 2 is 2.27 bits per heavy atom. The Labute approximate surface area is 72.2 Å². The van der Waals surface area contributed by atoms with E-state index in [1.54, 1.807) is 4.68 Å². The van der Waals surface area contributed by atoms with E-state index in [4.69, 9.17) is 11.6 Å². The van der Waals surface area contributed by atoms with Gasteiger partial charge in [0.1, 0.15) is 5.15 Å². The highest BCUT2D eigenvalue weighted by Gasteiger charge is 2.06. The van der Waals surface area contributed by atoms with E-state index in [1.165, 1.54) is 0 Å². The van der Waals surface area contributed by atoms with E-state index in [-0.39, 0.29) is 0 Å². The summed E-state index contributed by atoms with van der Waals surface area (Å²) in [5, 5.41) is 4.82. The van der Waals surface area contributed by atoms with E-state index < -0.39 is 0 Å². The van der Waals surface area contributed by atoms with Gasteiger partial charge in [-0.1, -0.05) is 25.4 Å². The van der Waals surface area contributed by atoms with Crippen molar-refractivity contribution in [3.05, 3.63) is 16.9 Å². The van der Waals surface area contributed by atoms with Gasteiger partial charge in [0.15, 0.2) is 0 Å². The van der Waals surface area contributed by atoms with E-state index in [0.29, 0.717) is 5.92 Å². The molecule has 11 heavy (non-hydrogen) atoms. The van der Waals surface area contributed by atoms with Gasteiger partial charge < -0.3 is 0 Å². The average Bonchev–Trinajstić information content (AvgIpc) is 2.18. The second kappa shape index (κ2) is 3.26. The molecular formula is C8H13ClN2. The summed E-state index contributed by atoms with van der Waals surface area (Å²) in [7, 11) is 1.85. The van der Waals surface area contributed by atoms with Crippen LogP contribution in [0.15, 0.2) is 6.20 Å². The third-order valence-corrected chi connectivity index (χ3v) is 2.05. The summed E-state index contributed by atoms with van der Waals surface area (Å²) in [5.74, 6) is 0.636. The minimum Gasteiger partial charge on any atom is -0.257 e. The number of halogens is 1. The first kappa shape index (κ1) is 8.60. The van der Waals surface area contributed by atoms with Gasteiger partial charge in [-0.3, -0.25) is 4.68 Å². The summed E-state index contributed by atoms with van der Waals surface area (Å²) in [4.78, 5) is 0. The summed E-state index contributed by atoms with van der Waals surface area (Å²) in [5.41, 5.74) is 1.14. The minimum atomic E-state index is 0.636. The van der Waals surface area contributed by atoms with Crippen LogP contribution in [0.4, 0.5) is 0 Å². The number of aryl methyl sites for hydroxylation is 1. The van der Waals surface area contributed by atoms with Crippen LogP contribution >= 0.6 is 11.6 Å². The molecule has 0 aliphatic carbocycles. The molecule has 0 amide bonds. The zero-order valence-electron chi connectivity index (χ0n) is 7.13. The molecule has 3 heteroatoms. The molecule has 0 unspecified atom stereocenters. The molecule has 0 atom stereocenters.